The van der Waals surface area contributed by atoms with Crippen molar-refractivity contribution in [1.29, 1.82) is 0 Å². The third-order valence-corrected chi connectivity index (χ3v) is 5.00. The lowest BCUT2D eigenvalue weighted by Gasteiger charge is -2.28. The normalized spacial score (nSPS) is 13.9. The summed E-state index contributed by atoms with van der Waals surface area (Å²) >= 11 is 0. The average Bonchev–Trinajstić information content (AvgIpc) is 2.79. The Bertz CT molecular complexity index is 986. The highest BCUT2D eigenvalue weighted by Gasteiger charge is 2.19. The predicted octanol–water partition coefficient (Wildman–Crippen LogP) is 2.96. The number of benzene rings is 1. The Morgan fingerprint density at radius 3 is 2.45 bits per heavy atom. The molecule has 0 unspecified atom stereocenters. The summed E-state index contributed by atoms with van der Waals surface area (Å²) in [5, 5.41) is 0. The third kappa shape index (κ3) is 4.09. The molecule has 7 heteroatoms. The highest BCUT2D eigenvalue weighted by molar-refractivity contribution is 6.06. The maximum atomic E-state index is 13.0. The van der Waals surface area contributed by atoms with Gasteiger partial charge in [0.15, 0.2) is 5.82 Å². The molecular weight excluding hydrogens is 366 g/mol. The first-order valence-corrected chi connectivity index (χ1v) is 9.59. The van der Waals surface area contributed by atoms with E-state index in [1.807, 2.05) is 49.4 Å². The zero-order valence-corrected chi connectivity index (χ0v) is 16.6. The molecule has 29 heavy (non-hydrogen) atoms. The van der Waals surface area contributed by atoms with E-state index in [4.69, 9.17) is 4.74 Å². The summed E-state index contributed by atoms with van der Waals surface area (Å²) in [7, 11) is 1.73. The third-order valence-electron chi connectivity index (χ3n) is 5.00. The van der Waals surface area contributed by atoms with Crippen LogP contribution in [0.2, 0.25) is 0 Å². The van der Waals surface area contributed by atoms with Crippen molar-refractivity contribution in [2.24, 2.45) is 0 Å². The SMILES string of the molecule is Cc1nc(-c2ccccc2)ncc1C(=O)N(C)c1ccc(N2CCOCC2)nc1. The number of carbonyl (C=O) groups excluding carboxylic acids is 1. The molecule has 3 aromatic rings. The number of amides is 1. The number of hydrogen-bond acceptors (Lipinski definition) is 6. The van der Waals surface area contributed by atoms with Crippen molar-refractivity contribution in [3.8, 4) is 11.4 Å². The summed E-state index contributed by atoms with van der Waals surface area (Å²) in [6.45, 7) is 4.89. The summed E-state index contributed by atoms with van der Waals surface area (Å²) in [6, 6.07) is 13.6. The molecule has 0 radical (unpaired) electrons. The summed E-state index contributed by atoms with van der Waals surface area (Å²) in [5.74, 6) is 1.34. The maximum Gasteiger partial charge on any atom is 0.261 e. The molecule has 1 aliphatic rings. The van der Waals surface area contributed by atoms with E-state index < -0.39 is 0 Å². The van der Waals surface area contributed by atoms with Crippen molar-refractivity contribution in [3.05, 3.63) is 66.1 Å². The fourth-order valence-corrected chi connectivity index (χ4v) is 3.26. The zero-order valence-electron chi connectivity index (χ0n) is 16.6. The van der Waals surface area contributed by atoms with E-state index in [0.717, 1.165) is 30.2 Å². The molecule has 3 heterocycles. The van der Waals surface area contributed by atoms with Crippen molar-refractivity contribution in [2.45, 2.75) is 6.92 Å². The molecule has 0 aliphatic carbocycles. The van der Waals surface area contributed by atoms with Gasteiger partial charge in [-0.25, -0.2) is 15.0 Å². The molecule has 7 nitrogen and oxygen atoms in total. The van der Waals surface area contributed by atoms with Gasteiger partial charge in [0, 0.05) is 31.9 Å². The van der Waals surface area contributed by atoms with Gasteiger partial charge in [-0.2, -0.15) is 0 Å². The highest BCUT2D eigenvalue weighted by Crippen LogP contribution is 2.21. The standard InChI is InChI=1S/C22H23N5O2/c1-16-19(15-24-21(25-16)17-6-4-3-5-7-17)22(28)26(2)18-8-9-20(23-14-18)27-10-12-29-13-11-27/h3-9,14-15H,10-13H2,1-2H3. The highest BCUT2D eigenvalue weighted by atomic mass is 16.5. The topological polar surface area (TPSA) is 71.5 Å². The molecule has 0 N–H and O–H groups in total. The van der Waals surface area contributed by atoms with Crippen LogP contribution in [0.5, 0.6) is 0 Å². The van der Waals surface area contributed by atoms with Crippen LogP contribution < -0.4 is 9.80 Å². The number of ether oxygens (including phenoxy) is 1. The number of anilines is 2. The summed E-state index contributed by atoms with van der Waals surface area (Å²) in [6.07, 6.45) is 3.32. The minimum Gasteiger partial charge on any atom is -0.378 e. The quantitative estimate of drug-likeness (QED) is 0.683. The van der Waals surface area contributed by atoms with Gasteiger partial charge in [-0.3, -0.25) is 4.79 Å². The lowest BCUT2D eigenvalue weighted by molar-refractivity contribution is 0.0991. The summed E-state index contributed by atoms with van der Waals surface area (Å²) in [4.78, 5) is 30.2. The first-order valence-electron chi connectivity index (χ1n) is 9.59. The molecule has 0 spiro atoms. The molecular formula is C22H23N5O2. The average molecular weight is 389 g/mol. The van der Waals surface area contributed by atoms with E-state index in [1.165, 1.54) is 0 Å². The van der Waals surface area contributed by atoms with E-state index in [1.54, 1.807) is 24.3 Å². The molecule has 148 valence electrons. The monoisotopic (exact) mass is 389 g/mol. The second-order valence-corrected chi connectivity index (χ2v) is 6.90. The Labute approximate surface area is 170 Å². The van der Waals surface area contributed by atoms with E-state index in [-0.39, 0.29) is 5.91 Å². The van der Waals surface area contributed by atoms with Crippen LogP contribution in [-0.4, -0.2) is 54.2 Å². The van der Waals surface area contributed by atoms with Crippen molar-refractivity contribution in [2.75, 3.05) is 43.2 Å². The van der Waals surface area contributed by atoms with Crippen LogP contribution in [0.1, 0.15) is 16.1 Å². The number of nitrogens with zero attached hydrogens (tertiary/aromatic N) is 5. The van der Waals surface area contributed by atoms with Crippen molar-refractivity contribution < 1.29 is 9.53 Å². The fourth-order valence-electron chi connectivity index (χ4n) is 3.26. The predicted molar refractivity (Wildman–Crippen MR) is 112 cm³/mol. The van der Waals surface area contributed by atoms with Crippen LogP contribution in [0.4, 0.5) is 11.5 Å². The maximum absolute atomic E-state index is 13.0. The van der Waals surface area contributed by atoms with Gasteiger partial charge in [0.05, 0.1) is 36.4 Å². The van der Waals surface area contributed by atoms with Crippen LogP contribution in [0.3, 0.4) is 0 Å². The lowest BCUT2D eigenvalue weighted by Crippen LogP contribution is -2.36. The molecule has 1 amide bonds. The molecule has 0 bridgehead atoms. The molecule has 1 saturated heterocycles. The Morgan fingerprint density at radius 1 is 1.03 bits per heavy atom. The van der Waals surface area contributed by atoms with E-state index in [0.29, 0.717) is 30.3 Å². The lowest BCUT2D eigenvalue weighted by atomic mass is 10.1. The van der Waals surface area contributed by atoms with Gasteiger partial charge >= 0.3 is 0 Å². The molecule has 1 aliphatic heterocycles. The Balaban J connectivity index is 1.51. The van der Waals surface area contributed by atoms with Crippen molar-refractivity contribution in [1.82, 2.24) is 15.0 Å². The van der Waals surface area contributed by atoms with Gasteiger partial charge in [0.1, 0.15) is 5.82 Å². The number of hydrogen-bond donors (Lipinski definition) is 0. The number of pyridine rings is 1. The second kappa shape index (κ2) is 8.36. The van der Waals surface area contributed by atoms with E-state index in [9.17, 15) is 4.79 Å². The van der Waals surface area contributed by atoms with E-state index >= 15 is 0 Å². The van der Waals surface area contributed by atoms with Crippen LogP contribution in [0.25, 0.3) is 11.4 Å². The smallest absolute Gasteiger partial charge is 0.261 e. The van der Waals surface area contributed by atoms with Crippen LogP contribution in [-0.2, 0) is 4.74 Å². The number of aryl methyl sites for hydroxylation is 1. The van der Waals surface area contributed by atoms with Gasteiger partial charge in [-0.15, -0.1) is 0 Å². The Hall–Kier alpha value is -3.32. The molecule has 0 atom stereocenters. The number of aromatic nitrogens is 3. The summed E-state index contributed by atoms with van der Waals surface area (Å²) in [5.41, 5.74) is 2.77. The molecule has 1 aromatic carbocycles. The fraction of sp³-hybridized carbons (Fsp3) is 0.273. The minimum absolute atomic E-state index is 0.164. The zero-order chi connectivity index (χ0) is 20.2. The van der Waals surface area contributed by atoms with Crippen molar-refractivity contribution >= 4 is 17.4 Å². The largest absolute Gasteiger partial charge is 0.378 e. The number of morpholine rings is 1. The van der Waals surface area contributed by atoms with Gasteiger partial charge in [-0.05, 0) is 19.1 Å². The number of rotatable bonds is 4. The Kier molecular flexibility index (Phi) is 5.48. The minimum atomic E-state index is -0.164. The van der Waals surface area contributed by atoms with Crippen LogP contribution in [0.15, 0.2) is 54.9 Å². The van der Waals surface area contributed by atoms with E-state index in [2.05, 4.69) is 19.9 Å². The number of carbonyl (C=O) groups is 1. The summed E-state index contributed by atoms with van der Waals surface area (Å²) < 4.78 is 5.38. The molecule has 4 rings (SSSR count). The van der Waals surface area contributed by atoms with Crippen molar-refractivity contribution in [3.63, 3.8) is 0 Å². The molecule has 1 fully saturated rings. The van der Waals surface area contributed by atoms with Gasteiger partial charge in [0.2, 0.25) is 0 Å². The Morgan fingerprint density at radius 2 is 1.79 bits per heavy atom. The first kappa shape index (κ1) is 19.0. The van der Waals surface area contributed by atoms with Crippen LogP contribution >= 0.6 is 0 Å². The van der Waals surface area contributed by atoms with Gasteiger partial charge in [-0.1, -0.05) is 30.3 Å². The second-order valence-electron chi connectivity index (χ2n) is 6.90. The van der Waals surface area contributed by atoms with Crippen LogP contribution in [0, 0.1) is 6.92 Å². The molecule has 0 saturated carbocycles. The van der Waals surface area contributed by atoms with Gasteiger partial charge < -0.3 is 14.5 Å². The van der Waals surface area contributed by atoms with Gasteiger partial charge in [0.25, 0.3) is 5.91 Å². The first-order chi connectivity index (χ1) is 14.1. The molecule has 2 aromatic heterocycles.